The molecule has 0 bridgehead atoms. The normalized spacial score (nSPS) is 15.9. The van der Waals surface area contributed by atoms with Crippen LogP contribution >= 0.6 is 0 Å². The van der Waals surface area contributed by atoms with Crippen LogP contribution in [-0.4, -0.2) is 11.9 Å². The fraction of sp³-hybridized carbons (Fsp3) is 0.167. The number of hydrogen-bond donors (Lipinski definition) is 0. The monoisotopic (exact) mass is 355 g/mol. The van der Waals surface area contributed by atoms with Crippen molar-refractivity contribution in [1.82, 2.24) is 0 Å². The lowest BCUT2D eigenvalue weighted by Gasteiger charge is -2.18. The minimum atomic E-state index is -0.419. The summed E-state index contributed by atoms with van der Waals surface area (Å²) in [5.41, 5.74) is 3.42. The summed E-state index contributed by atoms with van der Waals surface area (Å²) in [4.78, 5) is 16.8. The van der Waals surface area contributed by atoms with Gasteiger partial charge >= 0.3 is 5.97 Å². The number of carbonyl (C=O) groups is 1. The molecule has 1 aliphatic heterocycles. The summed E-state index contributed by atoms with van der Waals surface area (Å²) in [6.07, 6.45) is 1.77. The smallest absolute Gasteiger partial charge is 0.363 e. The van der Waals surface area contributed by atoms with Crippen LogP contribution in [0.1, 0.15) is 37.5 Å². The molecule has 0 saturated heterocycles. The van der Waals surface area contributed by atoms with Gasteiger partial charge in [0.1, 0.15) is 0 Å². The summed E-state index contributed by atoms with van der Waals surface area (Å²) in [5.74, 6) is -0.0628. The predicted octanol–water partition coefficient (Wildman–Crippen LogP) is 5.48. The molecular formula is C24H21NO2. The number of benzene rings is 3. The van der Waals surface area contributed by atoms with Crippen LogP contribution in [0.2, 0.25) is 0 Å². The van der Waals surface area contributed by atoms with E-state index >= 15 is 0 Å². The van der Waals surface area contributed by atoms with Crippen molar-refractivity contribution in [3.8, 4) is 0 Å². The van der Waals surface area contributed by atoms with Crippen LogP contribution in [0.5, 0.6) is 0 Å². The lowest BCUT2D eigenvalue weighted by Crippen LogP contribution is -2.10. The molecule has 0 fully saturated rings. The van der Waals surface area contributed by atoms with Crippen LogP contribution in [0.15, 0.2) is 77.4 Å². The number of cyclic esters (lactones) is 1. The highest BCUT2D eigenvalue weighted by Crippen LogP contribution is 2.26. The van der Waals surface area contributed by atoms with Crippen molar-refractivity contribution < 1.29 is 9.53 Å². The van der Waals surface area contributed by atoms with Crippen molar-refractivity contribution in [2.45, 2.75) is 26.2 Å². The van der Waals surface area contributed by atoms with Gasteiger partial charge in [0.25, 0.3) is 0 Å². The highest BCUT2D eigenvalue weighted by Gasteiger charge is 2.25. The van der Waals surface area contributed by atoms with Crippen molar-refractivity contribution in [2.24, 2.45) is 4.99 Å². The molecule has 1 heterocycles. The van der Waals surface area contributed by atoms with Gasteiger partial charge in [-0.05, 0) is 39.5 Å². The molecule has 0 radical (unpaired) electrons. The second kappa shape index (κ2) is 6.51. The zero-order valence-corrected chi connectivity index (χ0v) is 15.7. The molecule has 0 unspecified atom stereocenters. The van der Waals surface area contributed by atoms with Crippen molar-refractivity contribution >= 4 is 28.7 Å². The molecule has 27 heavy (non-hydrogen) atoms. The highest BCUT2D eigenvalue weighted by atomic mass is 16.6. The predicted molar refractivity (Wildman–Crippen MR) is 110 cm³/mol. The summed E-state index contributed by atoms with van der Waals surface area (Å²) < 4.78 is 5.46. The molecule has 4 rings (SSSR count). The molecule has 0 saturated carbocycles. The Bertz CT molecular complexity index is 1080. The third kappa shape index (κ3) is 3.41. The number of hydrogen-bond acceptors (Lipinski definition) is 3. The Kier molecular flexibility index (Phi) is 4.15. The second-order valence-corrected chi connectivity index (χ2v) is 7.73. The van der Waals surface area contributed by atoms with Gasteiger partial charge in [-0.2, -0.15) is 0 Å². The van der Waals surface area contributed by atoms with Gasteiger partial charge < -0.3 is 4.74 Å². The van der Waals surface area contributed by atoms with Crippen LogP contribution < -0.4 is 0 Å². The molecule has 134 valence electrons. The molecule has 3 nitrogen and oxygen atoms in total. The van der Waals surface area contributed by atoms with E-state index in [4.69, 9.17) is 4.74 Å². The van der Waals surface area contributed by atoms with E-state index in [1.807, 2.05) is 54.6 Å². The first-order valence-corrected chi connectivity index (χ1v) is 9.03. The average Bonchev–Trinajstić information content (AvgIpc) is 3.01. The largest absolute Gasteiger partial charge is 0.402 e. The molecule has 0 N–H and O–H groups in total. The maximum Gasteiger partial charge on any atom is 0.363 e. The van der Waals surface area contributed by atoms with Crippen LogP contribution in [0.4, 0.5) is 0 Å². The van der Waals surface area contributed by atoms with E-state index in [0.717, 1.165) is 21.9 Å². The van der Waals surface area contributed by atoms with Gasteiger partial charge in [-0.15, -0.1) is 0 Å². The van der Waals surface area contributed by atoms with Gasteiger partial charge in [0.05, 0.1) is 0 Å². The number of carbonyl (C=O) groups excluding carboxylic acids is 1. The van der Waals surface area contributed by atoms with Crippen molar-refractivity contribution in [1.29, 1.82) is 0 Å². The van der Waals surface area contributed by atoms with Gasteiger partial charge in [-0.3, -0.25) is 0 Å². The number of ether oxygens (including phenoxy) is 1. The Balaban J connectivity index is 1.70. The van der Waals surface area contributed by atoms with Crippen molar-refractivity contribution in [3.63, 3.8) is 0 Å². The van der Waals surface area contributed by atoms with Crippen molar-refractivity contribution in [3.05, 3.63) is 89.1 Å². The van der Waals surface area contributed by atoms with Gasteiger partial charge in [-0.1, -0.05) is 81.4 Å². The van der Waals surface area contributed by atoms with E-state index in [-0.39, 0.29) is 5.41 Å². The SMILES string of the molecule is CC(C)(C)c1ccc(/C=C2\N=C(c3cccc4ccccc34)OC2=O)cc1. The first-order chi connectivity index (χ1) is 12.9. The molecule has 1 aliphatic rings. The number of nitrogens with zero attached hydrogens (tertiary/aromatic N) is 1. The van der Waals surface area contributed by atoms with Gasteiger partial charge in [-0.25, -0.2) is 9.79 Å². The van der Waals surface area contributed by atoms with E-state index in [9.17, 15) is 4.79 Å². The minimum absolute atomic E-state index is 0.0949. The number of esters is 1. The maximum absolute atomic E-state index is 12.3. The summed E-state index contributed by atoms with van der Waals surface area (Å²) in [6, 6.07) is 22.1. The third-order valence-electron chi connectivity index (χ3n) is 4.72. The number of fused-ring (bicyclic) bond motifs is 1. The Labute approximate surface area is 159 Å². The summed E-state index contributed by atoms with van der Waals surface area (Å²) in [5, 5.41) is 2.10. The first kappa shape index (κ1) is 17.2. The number of aliphatic imine (C=N–C) groups is 1. The van der Waals surface area contributed by atoms with Crippen LogP contribution in [-0.2, 0) is 14.9 Å². The fourth-order valence-electron chi connectivity index (χ4n) is 3.17. The Morgan fingerprint density at radius 2 is 1.59 bits per heavy atom. The zero-order chi connectivity index (χ0) is 19.0. The maximum atomic E-state index is 12.3. The van der Waals surface area contributed by atoms with Crippen LogP contribution in [0.3, 0.4) is 0 Å². The number of rotatable bonds is 2. The lowest BCUT2D eigenvalue weighted by atomic mass is 9.87. The van der Waals surface area contributed by atoms with Gasteiger partial charge in [0.15, 0.2) is 5.70 Å². The summed E-state index contributed by atoms with van der Waals surface area (Å²) in [6.45, 7) is 6.53. The second-order valence-electron chi connectivity index (χ2n) is 7.73. The van der Waals surface area contributed by atoms with Gasteiger partial charge in [0.2, 0.25) is 5.90 Å². The quantitative estimate of drug-likeness (QED) is 0.451. The molecular weight excluding hydrogens is 334 g/mol. The standard InChI is InChI=1S/C24H21NO2/c1-24(2,3)18-13-11-16(12-14-18)15-21-23(26)27-22(25-21)20-10-6-8-17-7-4-5-9-19(17)20/h4-15H,1-3H3/b21-15-. The van der Waals surface area contributed by atoms with Crippen molar-refractivity contribution in [2.75, 3.05) is 0 Å². The summed E-state index contributed by atoms with van der Waals surface area (Å²) >= 11 is 0. The molecule has 0 aliphatic carbocycles. The van der Waals surface area contributed by atoms with E-state index in [0.29, 0.717) is 11.6 Å². The first-order valence-electron chi connectivity index (χ1n) is 9.03. The molecule has 3 aromatic rings. The Morgan fingerprint density at radius 1 is 0.889 bits per heavy atom. The van der Waals surface area contributed by atoms with E-state index < -0.39 is 5.97 Å². The molecule has 0 aromatic heterocycles. The fourth-order valence-corrected chi connectivity index (χ4v) is 3.17. The molecule has 0 spiro atoms. The summed E-state index contributed by atoms with van der Waals surface area (Å²) in [7, 11) is 0. The topological polar surface area (TPSA) is 38.7 Å². The lowest BCUT2D eigenvalue weighted by molar-refractivity contribution is -0.129. The average molecular weight is 355 g/mol. The van der Waals surface area contributed by atoms with E-state index in [2.05, 4.69) is 37.9 Å². The van der Waals surface area contributed by atoms with E-state index in [1.165, 1.54) is 5.56 Å². The molecule has 0 atom stereocenters. The highest BCUT2D eigenvalue weighted by molar-refractivity contribution is 6.17. The Morgan fingerprint density at radius 3 is 2.33 bits per heavy atom. The Hall–Kier alpha value is -3.20. The van der Waals surface area contributed by atoms with E-state index in [1.54, 1.807) is 6.08 Å². The molecule has 0 amide bonds. The van der Waals surface area contributed by atoms with Crippen LogP contribution in [0, 0.1) is 0 Å². The minimum Gasteiger partial charge on any atom is -0.402 e. The van der Waals surface area contributed by atoms with Crippen LogP contribution in [0.25, 0.3) is 16.8 Å². The third-order valence-corrected chi connectivity index (χ3v) is 4.72. The van der Waals surface area contributed by atoms with Gasteiger partial charge in [0, 0.05) is 5.56 Å². The molecule has 3 aromatic carbocycles. The zero-order valence-electron chi connectivity index (χ0n) is 15.7. The molecule has 3 heteroatoms.